The first-order valence-electron chi connectivity index (χ1n) is 5.19. The molecule has 0 aliphatic heterocycles. The summed E-state index contributed by atoms with van der Waals surface area (Å²) in [6.45, 7) is 2.25. The normalized spacial score (nSPS) is 11.0. The number of nitrogens with one attached hydrogen (secondary N) is 2. The molecule has 0 fully saturated rings. The summed E-state index contributed by atoms with van der Waals surface area (Å²) in [7, 11) is 4.01. The lowest BCUT2D eigenvalue weighted by Gasteiger charge is -2.14. The molecule has 2 heteroatoms. The van der Waals surface area contributed by atoms with Gasteiger partial charge in [0.15, 0.2) is 0 Å². The summed E-state index contributed by atoms with van der Waals surface area (Å²) in [4.78, 5) is 0. The molecule has 0 spiro atoms. The Hall–Kier alpha value is -0.0800. The summed E-state index contributed by atoms with van der Waals surface area (Å²) >= 11 is 0. The summed E-state index contributed by atoms with van der Waals surface area (Å²) in [6, 6.07) is 0. The quantitative estimate of drug-likeness (QED) is 0.433. The van der Waals surface area contributed by atoms with Crippen LogP contribution < -0.4 is 10.6 Å². The van der Waals surface area contributed by atoms with Crippen molar-refractivity contribution in [1.29, 1.82) is 0 Å². The maximum atomic E-state index is 3.23. The second kappa shape index (κ2) is 9.01. The number of unbranched alkanes of at least 4 members (excludes halogenated alkanes) is 4. The third-order valence-corrected chi connectivity index (χ3v) is 2.29. The van der Waals surface area contributed by atoms with Crippen molar-refractivity contribution < 1.29 is 0 Å². The van der Waals surface area contributed by atoms with E-state index in [9.17, 15) is 0 Å². The molecular formula is C10H24N2. The monoisotopic (exact) mass is 172 g/mol. The highest BCUT2D eigenvalue weighted by Crippen LogP contribution is 2.05. The Bertz CT molecular complexity index is 79.9. The van der Waals surface area contributed by atoms with Crippen molar-refractivity contribution in [1.82, 2.24) is 10.6 Å². The molecule has 0 atom stereocenters. The molecule has 0 bridgehead atoms. The zero-order valence-corrected chi connectivity index (χ0v) is 8.82. The van der Waals surface area contributed by atoms with Crippen LogP contribution in [0.3, 0.4) is 0 Å². The fourth-order valence-electron chi connectivity index (χ4n) is 1.39. The Kier molecular flexibility index (Phi) is 8.95. The van der Waals surface area contributed by atoms with E-state index in [-0.39, 0.29) is 0 Å². The zero-order chi connectivity index (χ0) is 9.23. The van der Waals surface area contributed by atoms with E-state index < -0.39 is 0 Å². The van der Waals surface area contributed by atoms with Crippen LogP contribution in [0.5, 0.6) is 0 Å². The van der Waals surface area contributed by atoms with E-state index in [1.807, 2.05) is 14.1 Å². The molecule has 0 amide bonds. The van der Waals surface area contributed by atoms with Crippen LogP contribution in [0.4, 0.5) is 0 Å². The highest BCUT2D eigenvalue weighted by molar-refractivity contribution is 4.58. The summed E-state index contributed by atoms with van der Waals surface area (Å²) in [5.74, 6) is 0. The predicted molar refractivity (Wildman–Crippen MR) is 55.3 cm³/mol. The van der Waals surface area contributed by atoms with Crippen LogP contribution >= 0.6 is 0 Å². The lowest BCUT2D eigenvalue weighted by molar-refractivity contribution is 0.437. The highest BCUT2D eigenvalue weighted by Gasteiger charge is 2.00. The van der Waals surface area contributed by atoms with E-state index in [1.165, 1.54) is 38.5 Å². The second-order valence-electron chi connectivity index (χ2n) is 3.33. The SMILES string of the molecule is CCCCCCCC(NC)NC. The van der Waals surface area contributed by atoms with E-state index >= 15 is 0 Å². The molecule has 0 radical (unpaired) electrons. The molecule has 0 aliphatic carbocycles. The minimum atomic E-state index is 0.506. The van der Waals surface area contributed by atoms with Crippen LogP contribution in [-0.2, 0) is 0 Å². The Balaban J connectivity index is 3.06. The largest absolute Gasteiger partial charge is 0.305 e. The van der Waals surface area contributed by atoms with Gasteiger partial charge >= 0.3 is 0 Å². The van der Waals surface area contributed by atoms with E-state index in [4.69, 9.17) is 0 Å². The van der Waals surface area contributed by atoms with Crippen LogP contribution in [0.1, 0.15) is 45.4 Å². The first kappa shape index (κ1) is 11.9. The molecule has 74 valence electrons. The van der Waals surface area contributed by atoms with Gasteiger partial charge in [0.25, 0.3) is 0 Å². The highest BCUT2D eigenvalue weighted by atomic mass is 15.1. The zero-order valence-electron chi connectivity index (χ0n) is 8.82. The molecule has 0 aromatic rings. The van der Waals surface area contributed by atoms with Gasteiger partial charge in [-0.1, -0.05) is 39.0 Å². The van der Waals surface area contributed by atoms with Crippen molar-refractivity contribution >= 4 is 0 Å². The molecule has 2 nitrogen and oxygen atoms in total. The standard InChI is InChI=1S/C10H24N2/c1-4-5-6-7-8-9-10(11-2)12-3/h10-12H,4-9H2,1-3H3. The van der Waals surface area contributed by atoms with Gasteiger partial charge in [-0.05, 0) is 20.5 Å². The molecule has 0 aromatic carbocycles. The van der Waals surface area contributed by atoms with Gasteiger partial charge in [0.05, 0.1) is 6.17 Å². The minimum absolute atomic E-state index is 0.506. The fourth-order valence-corrected chi connectivity index (χ4v) is 1.39. The Morgan fingerprint density at radius 1 is 0.917 bits per heavy atom. The molecule has 0 saturated carbocycles. The number of hydrogen-bond donors (Lipinski definition) is 2. The Morgan fingerprint density at radius 2 is 1.50 bits per heavy atom. The molecule has 2 N–H and O–H groups in total. The first-order chi connectivity index (χ1) is 5.85. The summed E-state index contributed by atoms with van der Waals surface area (Å²) < 4.78 is 0. The van der Waals surface area contributed by atoms with Crippen molar-refractivity contribution in [2.45, 2.75) is 51.6 Å². The minimum Gasteiger partial charge on any atom is -0.305 e. The van der Waals surface area contributed by atoms with Crippen LogP contribution in [-0.4, -0.2) is 20.3 Å². The molecule has 0 rings (SSSR count). The van der Waals surface area contributed by atoms with Crippen LogP contribution in [0, 0.1) is 0 Å². The fraction of sp³-hybridized carbons (Fsp3) is 1.00. The van der Waals surface area contributed by atoms with Gasteiger partial charge in [0.1, 0.15) is 0 Å². The van der Waals surface area contributed by atoms with Crippen molar-refractivity contribution in [3.05, 3.63) is 0 Å². The average molecular weight is 172 g/mol. The van der Waals surface area contributed by atoms with Gasteiger partial charge in [0, 0.05) is 0 Å². The molecule has 0 unspecified atom stereocenters. The van der Waals surface area contributed by atoms with Crippen LogP contribution in [0.25, 0.3) is 0 Å². The van der Waals surface area contributed by atoms with E-state index in [0.29, 0.717) is 6.17 Å². The Labute approximate surface area is 77.1 Å². The smallest absolute Gasteiger partial charge is 0.0566 e. The second-order valence-corrected chi connectivity index (χ2v) is 3.33. The molecular weight excluding hydrogens is 148 g/mol. The van der Waals surface area contributed by atoms with Gasteiger partial charge in [-0.25, -0.2) is 0 Å². The van der Waals surface area contributed by atoms with Gasteiger partial charge < -0.3 is 10.6 Å². The Morgan fingerprint density at radius 3 is 2.00 bits per heavy atom. The summed E-state index contributed by atoms with van der Waals surface area (Å²) in [6.07, 6.45) is 8.60. The first-order valence-corrected chi connectivity index (χ1v) is 5.19. The van der Waals surface area contributed by atoms with E-state index in [0.717, 1.165) is 0 Å². The average Bonchev–Trinajstić information content (AvgIpc) is 2.11. The molecule has 0 aliphatic rings. The van der Waals surface area contributed by atoms with Crippen molar-refractivity contribution in [2.75, 3.05) is 14.1 Å². The molecule has 0 heterocycles. The van der Waals surface area contributed by atoms with E-state index in [2.05, 4.69) is 17.6 Å². The summed E-state index contributed by atoms with van der Waals surface area (Å²) in [5.41, 5.74) is 0. The molecule has 12 heavy (non-hydrogen) atoms. The van der Waals surface area contributed by atoms with Crippen LogP contribution in [0.2, 0.25) is 0 Å². The third kappa shape index (κ3) is 6.62. The third-order valence-electron chi connectivity index (χ3n) is 2.29. The topological polar surface area (TPSA) is 24.1 Å². The van der Waals surface area contributed by atoms with Gasteiger partial charge in [-0.2, -0.15) is 0 Å². The van der Waals surface area contributed by atoms with Crippen molar-refractivity contribution in [2.24, 2.45) is 0 Å². The van der Waals surface area contributed by atoms with Crippen molar-refractivity contribution in [3.63, 3.8) is 0 Å². The van der Waals surface area contributed by atoms with Gasteiger partial charge in [-0.15, -0.1) is 0 Å². The summed E-state index contributed by atoms with van der Waals surface area (Å²) in [5, 5.41) is 6.46. The van der Waals surface area contributed by atoms with Gasteiger partial charge in [0.2, 0.25) is 0 Å². The maximum Gasteiger partial charge on any atom is 0.0566 e. The van der Waals surface area contributed by atoms with Crippen LogP contribution in [0.15, 0.2) is 0 Å². The maximum absolute atomic E-state index is 3.23. The lowest BCUT2D eigenvalue weighted by Crippen LogP contribution is -2.37. The predicted octanol–water partition coefficient (Wildman–Crippen LogP) is 2.11. The van der Waals surface area contributed by atoms with Gasteiger partial charge in [-0.3, -0.25) is 0 Å². The number of hydrogen-bond acceptors (Lipinski definition) is 2. The van der Waals surface area contributed by atoms with E-state index in [1.54, 1.807) is 0 Å². The molecule has 0 aromatic heterocycles. The lowest BCUT2D eigenvalue weighted by atomic mass is 10.1. The van der Waals surface area contributed by atoms with Crippen molar-refractivity contribution in [3.8, 4) is 0 Å². The number of rotatable bonds is 8. The molecule has 0 saturated heterocycles.